The predicted molar refractivity (Wildman–Crippen MR) is 88.0 cm³/mol. The van der Waals surface area contributed by atoms with Crippen molar-refractivity contribution in [2.24, 2.45) is 0 Å². The zero-order chi connectivity index (χ0) is 17.3. The number of fused-ring (bicyclic) bond motifs is 3. The summed E-state index contributed by atoms with van der Waals surface area (Å²) >= 11 is 0. The molecule has 1 aliphatic rings. The number of hydrogen-bond donors (Lipinski definition) is 1. The third-order valence-electron chi connectivity index (χ3n) is 3.98. The highest BCUT2D eigenvalue weighted by Gasteiger charge is 2.22. The van der Waals surface area contributed by atoms with Crippen molar-refractivity contribution in [3.63, 3.8) is 0 Å². The molecule has 0 heterocycles. The standard InChI is InChI=1S/C19H19NO3/c1-12(21)20-18(19(22)23-2)10-13-7-8-17-15(9-13)11-14-5-3-4-6-16(14)17/h3-9,18H,10-11H2,1-2H3,(H,20,21)/t18-/m0/s1/i11D/t11?,18-. The number of carbonyl (C=O) groups excluding carboxylic acids is 2. The third-order valence-corrected chi connectivity index (χ3v) is 3.98. The molecule has 0 saturated carbocycles. The molecule has 2 aromatic carbocycles. The van der Waals surface area contributed by atoms with Crippen LogP contribution in [0.15, 0.2) is 42.5 Å². The lowest BCUT2D eigenvalue weighted by Crippen LogP contribution is -2.42. The van der Waals surface area contributed by atoms with Crippen LogP contribution in [0.25, 0.3) is 11.1 Å². The van der Waals surface area contributed by atoms with Gasteiger partial charge in [-0.1, -0.05) is 42.5 Å². The van der Waals surface area contributed by atoms with Crippen LogP contribution in [0.4, 0.5) is 0 Å². The van der Waals surface area contributed by atoms with E-state index in [-0.39, 0.29) is 5.91 Å². The average Bonchev–Trinajstić information content (AvgIpc) is 2.86. The van der Waals surface area contributed by atoms with Crippen LogP contribution in [-0.2, 0) is 27.1 Å². The first-order valence-electron chi connectivity index (χ1n) is 8.08. The van der Waals surface area contributed by atoms with E-state index in [9.17, 15) is 9.59 Å². The van der Waals surface area contributed by atoms with Crippen molar-refractivity contribution in [3.8, 4) is 11.1 Å². The van der Waals surface area contributed by atoms with E-state index < -0.39 is 18.4 Å². The van der Waals surface area contributed by atoms with Crippen LogP contribution in [-0.4, -0.2) is 25.0 Å². The molecule has 0 aromatic heterocycles. The molecular weight excluding hydrogens is 290 g/mol. The molecule has 0 bridgehead atoms. The Kier molecular flexibility index (Phi) is 3.80. The van der Waals surface area contributed by atoms with Gasteiger partial charge in [0.05, 0.1) is 7.11 Å². The maximum absolute atomic E-state index is 11.9. The number of hydrogen-bond acceptors (Lipinski definition) is 3. The van der Waals surface area contributed by atoms with Crippen LogP contribution in [0.2, 0.25) is 0 Å². The summed E-state index contributed by atoms with van der Waals surface area (Å²) in [5.74, 6) is -0.756. The fourth-order valence-corrected chi connectivity index (χ4v) is 2.96. The molecule has 2 aromatic rings. The number of rotatable bonds is 4. The number of methoxy groups -OCH3 is 1. The van der Waals surface area contributed by atoms with E-state index >= 15 is 0 Å². The van der Waals surface area contributed by atoms with E-state index in [4.69, 9.17) is 6.11 Å². The maximum Gasteiger partial charge on any atom is 0.328 e. The minimum Gasteiger partial charge on any atom is -0.467 e. The van der Waals surface area contributed by atoms with Crippen molar-refractivity contribution < 1.29 is 15.7 Å². The number of amides is 1. The summed E-state index contributed by atoms with van der Waals surface area (Å²) < 4.78 is 13.2. The van der Waals surface area contributed by atoms with Crippen LogP contribution in [0.1, 0.15) is 25.0 Å². The molecule has 0 aliphatic heterocycles. The van der Waals surface area contributed by atoms with Gasteiger partial charge in [-0.2, -0.15) is 0 Å². The Balaban J connectivity index is 1.90. The molecule has 1 unspecified atom stereocenters. The van der Waals surface area contributed by atoms with E-state index in [2.05, 4.69) is 5.32 Å². The lowest BCUT2D eigenvalue weighted by Gasteiger charge is -2.16. The summed E-state index contributed by atoms with van der Waals surface area (Å²) in [5, 5.41) is 2.61. The molecule has 2 atom stereocenters. The van der Waals surface area contributed by atoms with Crippen LogP contribution in [0.3, 0.4) is 0 Å². The summed E-state index contributed by atoms with van der Waals surface area (Å²) in [5.41, 5.74) is 4.97. The molecule has 3 rings (SSSR count). The van der Waals surface area contributed by atoms with E-state index in [0.717, 1.165) is 27.8 Å². The molecule has 118 valence electrons. The van der Waals surface area contributed by atoms with E-state index in [0.29, 0.717) is 6.42 Å². The quantitative estimate of drug-likeness (QED) is 0.883. The SMILES string of the molecule is [2H]C1c2ccccc2-c2ccc(C[C@H](NC(C)=O)C(=O)OC)cc21. The van der Waals surface area contributed by atoms with Gasteiger partial charge in [0.15, 0.2) is 0 Å². The minimum atomic E-state index is -0.724. The van der Waals surface area contributed by atoms with Crippen LogP contribution in [0.5, 0.6) is 0 Å². The summed E-state index contributed by atoms with van der Waals surface area (Å²) in [7, 11) is 1.30. The Labute approximate surface area is 136 Å². The minimum absolute atomic E-state index is 0.280. The number of ether oxygens (including phenoxy) is 1. The first kappa shape index (κ1) is 14.0. The van der Waals surface area contributed by atoms with E-state index in [1.807, 2.05) is 42.5 Å². The molecule has 0 spiro atoms. The molecule has 0 fully saturated rings. The van der Waals surface area contributed by atoms with Crippen LogP contribution >= 0.6 is 0 Å². The lowest BCUT2D eigenvalue weighted by molar-refractivity contribution is -0.144. The van der Waals surface area contributed by atoms with Gasteiger partial charge in [0.25, 0.3) is 0 Å². The fraction of sp³-hybridized carbons (Fsp3) is 0.263. The van der Waals surface area contributed by atoms with Gasteiger partial charge in [-0.05, 0) is 34.2 Å². The summed E-state index contributed by atoms with van der Waals surface area (Å²) in [6, 6.07) is 13.1. The van der Waals surface area contributed by atoms with E-state index in [1.54, 1.807) is 0 Å². The molecular formula is C19H19NO3. The topological polar surface area (TPSA) is 55.4 Å². The normalized spacial score (nSPS) is 16.8. The van der Waals surface area contributed by atoms with Gasteiger partial charge < -0.3 is 10.1 Å². The molecule has 1 N–H and O–H groups in total. The van der Waals surface area contributed by atoms with Crippen molar-refractivity contribution in [3.05, 3.63) is 59.2 Å². The highest BCUT2D eigenvalue weighted by molar-refractivity contribution is 5.83. The molecule has 4 heteroatoms. The van der Waals surface area contributed by atoms with Gasteiger partial charge in [-0.25, -0.2) is 4.79 Å². The van der Waals surface area contributed by atoms with Crippen LogP contribution < -0.4 is 5.32 Å². The highest BCUT2D eigenvalue weighted by atomic mass is 16.5. The molecule has 0 radical (unpaired) electrons. The Morgan fingerprint density at radius 2 is 1.96 bits per heavy atom. The van der Waals surface area contributed by atoms with Gasteiger partial charge in [0, 0.05) is 14.7 Å². The fourth-order valence-electron chi connectivity index (χ4n) is 2.96. The zero-order valence-electron chi connectivity index (χ0n) is 14.1. The van der Waals surface area contributed by atoms with Gasteiger partial charge in [-0.3, -0.25) is 4.79 Å². The van der Waals surface area contributed by atoms with Crippen molar-refractivity contribution in [2.45, 2.75) is 25.8 Å². The van der Waals surface area contributed by atoms with Crippen molar-refractivity contribution >= 4 is 11.9 Å². The first-order chi connectivity index (χ1) is 11.5. The van der Waals surface area contributed by atoms with E-state index in [1.165, 1.54) is 14.0 Å². The number of benzene rings is 2. The Bertz CT molecular complexity index is 803. The second-order valence-electron chi connectivity index (χ2n) is 5.63. The Hall–Kier alpha value is -2.62. The smallest absolute Gasteiger partial charge is 0.328 e. The van der Waals surface area contributed by atoms with Crippen molar-refractivity contribution in [1.29, 1.82) is 0 Å². The lowest BCUT2D eigenvalue weighted by atomic mass is 9.99. The number of carbonyl (C=O) groups is 2. The molecule has 1 aliphatic carbocycles. The molecule has 1 amide bonds. The maximum atomic E-state index is 11.9. The first-order valence-corrected chi connectivity index (χ1v) is 7.50. The highest BCUT2D eigenvalue weighted by Crippen LogP contribution is 2.36. The monoisotopic (exact) mass is 310 g/mol. The molecule has 4 nitrogen and oxygen atoms in total. The third kappa shape index (κ3) is 3.11. The molecule has 0 saturated heterocycles. The van der Waals surface area contributed by atoms with Crippen molar-refractivity contribution in [2.75, 3.05) is 7.11 Å². The number of nitrogens with one attached hydrogen (secondary N) is 1. The van der Waals surface area contributed by atoms with Gasteiger partial charge in [0.1, 0.15) is 6.04 Å². The number of esters is 1. The summed E-state index contributed by atoms with van der Waals surface area (Å²) in [6.07, 6.45) is -0.0868. The van der Waals surface area contributed by atoms with Gasteiger partial charge in [0.2, 0.25) is 5.91 Å². The zero-order valence-corrected chi connectivity index (χ0v) is 13.1. The average molecular weight is 310 g/mol. The summed E-state index contributed by atoms with van der Waals surface area (Å²) in [6.45, 7) is 1.37. The predicted octanol–water partition coefficient (Wildman–Crippen LogP) is 2.48. The largest absolute Gasteiger partial charge is 0.467 e. The summed E-state index contributed by atoms with van der Waals surface area (Å²) in [4.78, 5) is 23.2. The Morgan fingerprint density at radius 3 is 2.70 bits per heavy atom. The van der Waals surface area contributed by atoms with Crippen LogP contribution in [0, 0.1) is 0 Å². The van der Waals surface area contributed by atoms with Gasteiger partial charge in [-0.15, -0.1) is 0 Å². The second kappa shape index (κ2) is 6.24. The molecule has 23 heavy (non-hydrogen) atoms. The Morgan fingerprint density at radius 1 is 1.22 bits per heavy atom. The van der Waals surface area contributed by atoms with Gasteiger partial charge >= 0.3 is 5.97 Å². The van der Waals surface area contributed by atoms with Crippen molar-refractivity contribution in [1.82, 2.24) is 5.32 Å². The second-order valence-corrected chi connectivity index (χ2v) is 5.63.